The number of methoxy groups -OCH3 is 1. The quantitative estimate of drug-likeness (QED) is 0.708. The predicted octanol–water partition coefficient (Wildman–Crippen LogP) is 4.68. The number of benzene rings is 1. The Bertz CT molecular complexity index is 1020. The van der Waals surface area contributed by atoms with Crippen LogP contribution >= 0.6 is 11.3 Å². The van der Waals surface area contributed by atoms with Crippen LogP contribution in [0.3, 0.4) is 0 Å². The fourth-order valence-corrected chi connectivity index (χ4v) is 5.21. The van der Waals surface area contributed by atoms with Crippen molar-refractivity contribution in [3.05, 3.63) is 74.8 Å². The van der Waals surface area contributed by atoms with Crippen LogP contribution in [0.5, 0.6) is 5.75 Å². The molecule has 1 aliphatic heterocycles. The molecule has 0 radical (unpaired) electrons. The lowest BCUT2D eigenvalue weighted by Crippen LogP contribution is -2.35. The molecule has 2 heterocycles. The third-order valence-corrected chi connectivity index (χ3v) is 6.68. The second-order valence-corrected chi connectivity index (χ2v) is 8.51. The summed E-state index contributed by atoms with van der Waals surface area (Å²) in [4.78, 5) is 27.1. The van der Waals surface area contributed by atoms with E-state index in [-0.39, 0.29) is 23.6 Å². The highest BCUT2D eigenvalue weighted by atomic mass is 32.1. The Morgan fingerprint density at radius 1 is 1.20 bits per heavy atom. The molecule has 0 amide bonds. The van der Waals surface area contributed by atoms with E-state index in [4.69, 9.17) is 9.47 Å². The number of carbonyl (C=O) groups is 2. The number of rotatable bonds is 5. The van der Waals surface area contributed by atoms with Crippen LogP contribution in [0.2, 0.25) is 0 Å². The van der Waals surface area contributed by atoms with E-state index in [1.54, 1.807) is 25.4 Å². The van der Waals surface area contributed by atoms with Crippen molar-refractivity contribution in [3.8, 4) is 5.75 Å². The van der Waals surface area contributed by atoms with Crippen LogP contribution < -0.4 is 10.1 Å². The van der Waals surface area contributed by atoms with Gasteiger partial charge in [-0.2, -0.15) is 0 Å². The Kier molecular flexibility index (Phi) is 5.77. The number of ether oxygens (including phenoxy) is 2. The molecule has 0 saturated heterocycles. The number of Topliss-reactive ketones (excluding diaryl/α,β-unsaturated/α-hetero) is 1. The zero-order chi connectivity index (χ0) is 21.3. The zero-order valence-electron chi connectivity index (χ0n) is 17.4. The van der Waals surface area contributed by atoms with Gasteiger partial charge in [0, 0.05) is 28.3 Å². The summed E-state index contributed by atoms with van der Waals surface area (Å²) in [5.41, 5.74) is 4.03. The summed E-state index contributed by atoms with van der Waals surface area (Å²) in [7, 11) is 1.64. The summed E-state index contributed by atoms with van der Waals surface area (Å²) in [6.07, 6.45) is 1.15. The third-order valence-electron chi connectivity index (χ3n) is 5.74. The van der Waals surface area contributed by atoms with Gasteiger partial charge in [-0.1, -0.05) is 18.2 Å². The predicted molar refractivity (Wildman–Crippen MR) is 117 cm³/mol. The summed E-state index contributed by atoms with van der Waals surface area (Å²) in [5.74, 6) is 0.238. The second-order valence-electron chi connectivity index (χ2n) is 7.53. The van der Waals surface area contributed by atoms with Crippen molar-refractivity contribution in [1.82, 2.24) is 5.32 Å². The largest absolute Gasteiger partial charge is 0.497 e. The first-order valence-electron chi connectivity index (χ1n) is 10.1. The molecule has 4 rings (SSSR count). The van der Waals surface area contributed by atoms with Gasteiger partial charge in [0.05, 0.1) is 25.2 Å². The molecule has 0 spiro atoms. The highest BCUT2D eigenvalue weighted by Crippen LogP contribution is 2.46. The molecule has 2 aromatic rings. The highest BCUT2D eigenvalue weighted by Gasteiger charge is 2.41. The number of hydrogen-bond acceptors (Lipinski definition) is 6. The fourth-order valence-electron chi connectivity index (χ4n) is 4.37. The van der Waals surface area contributed by atoms with Crippen molar-refractivity contribution in [2.45, 2.75) is 38.5 Å². The van der Waals surface area contributed by atoms with Gasteiger partial charge in [0.25, 0.3) is 0 Å². The van der Waals surface area contributed by atoms with Gasteiger partial charge in [-0.3, -0.25) is 4.79 Å². The maximum Gasteiger partial charge on any atom is 0.336 e. The first-order valence-corrected chi connectivity index (χ1v) is 11.0. The van der Waals surface area contributed by atoms with E-state index >= 15 is 0 Å². The first kappa shape index (κ1) is 20.4. The number of dihydropyridines is 1. The molecule has 0 unspecified atom stereocenters. The number of carbonyl (C=O) groups excluding carboxylic acids is 2. The SMILES string of the molecule is CCOC(=O)C1=C(C)NC2=C(C(=O)C[C@H](c3ccc(OC)cc3)C2)[C@H]1c1cccs1. The van der Waals surface area contributed by atoms with Gasteiger partial charge in [-0.25, -0.2) is 4.79 Å². The summed E-state index contributed by atoms with van der Waals surface area (Å²) in [5, 5.41) is 5.35. The molecule has 0 bridgehead atoms. The molecule has 2 atom stereocenters. The molecular formula is C24H25NO4S. The van der Waals surface area contributed by atoms with E-state index in [0.717, 1.165) is 34.0 Å². The summed E-state index contributed by atoms with van der Waals surface area (Å²) in [6.45, 7) is 3.98. The number of thiophene rings is 1. The van der Waals surface area contributed by atoms with Gasteiger partial charge in [-0.15, -0.1) is 11.3 Å². The van der Waals surface area contributed by atoms with Crippen molar-refractivity contribution in [2.24, 2.45) is 0 Å². The minimum Gasteiger partial charge on any atom is -0.497 e. The van der Waals surface area contributed by atoms with E-state index in [2.05, 4.69) is 5.32 Å². The monoisotopic (exact) mass is 423 g/mol. The number of ketones is 1. The summed E-state index contributed by atoms with van der Waals surface area (Å²) in [6, 6.07) is 11.8. The normalized spacial score (nSPS) is 21.2. The van der Waals surface area contributed by atoms with Crippen LogP contribution in [-0.2, 0) is 14.3 Å². The lowest BCUT2D eigenvalue weighted by atomic mass is 9.73. The Labute approximate surface area is 180 Å². The highest BCUT2D eigenvalue weighted by molar-refractivity contribution is 7.10. The minimum atomic E-state index is -0.371. The van der Waals surface area contributed by atoms with Crippen LogP contribution in [0.15, 0.2) is 64.3 Å². The average molecular weight is 424 g/mol. The van der Waals surface area contributed by atoms with E-state index in [1.807, 2.05) is 48.7 Å². The molecule has 1 aromatic heterocycles. The van der Waals surface area contributed by atoms with Gasteiger partial charge in [-0.05, 0) is 55.3 Å². The van der Waals surface area contributed by atoms with E-state index in [1.165, 1.54) is 0 Å². The number of allylic oxidation sites excluding steroid dienone is 3. The maximum atomic E-state index is 13.4. The molecule has 0 saturated carbocycles. The Balaban J connectivity index is 1.73. The van der Waals surface area contributed by atoms with Crippen molar-refractivity contribution in [1.29, 1.82) is 0 Å². The number of nitrogens with one attached hydrogen (secondary N) is 1. The van der Waals surface area contributed by atoms with Crippen molar-refractivity contribution in [3.63, 3.8) is 0 Å². The molecule has 2 aliphatic rings. The van der Waals surface area contributed by atoms with Gasteiger partial charge in [0.15, 0.2) is 5.78 Å². The number of esters is 1. The fraction of sp³-hybridized carbons (Fsp3) is 0.333. The minimum absolute atomic E-state index is 0.0808. The standard InChI is InChI=1S/C24H25NO4S/c1-4-29-24(27)21-14(2)25-18-12-16(15-7-9-17(28-3)10-8-15)13-19(26)22(18)23(21)20-6-5-11-30-20/h5-11,16,23,25H,4,12-13H2,1-3H3/t16-,23+/m1/s1. The topological polar surface area (TPSA) is 64.6 Å². The van der Waals surface area contributed by atoms with Crippen molar-refractivity contribution in [2.75, 3.05) is 13.7 Å². The lowest BCUT2D eigenvalue weighted by molar-refractivity contribution is -0.138. The Morgan fingerprint density at radius 2 is 1.97 bits per heavy atom. The Morgan fingerprint density at radius 3 is 2.60 bits per heavy atom. The van der Waals surface area contributed by atoms with Gasteiger partial charge >= 0.3 is 5.97 Å². The van der Waals surface area contributed by atoms with Gasteiger partial charge < -0.3 is 14.8 Å². The molecule has 30 heavy (non-hydrogen) atoms. The molecule has 1 aromatic carbocycles. The first-order chi connectivity index (χ1) is 14.5. The molecule has 156 valence electrons. The van der Waals surface area contributed by atoms with Crippen LogP contribution in [0, 0.1) is 0 Å². The number of hydrogen-bond donors (Lipinski definition) is 1. The molecular weight excluding hydrogens is 398 g/mol. The van der Waals surface area contributed by atoms with Gasteiger partial charge in [0.1, 0.15) is 5.75 Å². The Hall–Kier alpha value is -2.86. The van der Waals surface area contributed by atoms with Gasteiger partial charge in [0.2, 0.25) is 0 Å². The van der Waals surface area contributed by atoms with Crippen LogP contribution in [0.4, 0.5) is 0 Å². The van der Waals surface area contributed by atoms with Crippen LogP contribution in [0.1, 0.15) is 49.0 Å². The molecule has 1 aliphatic carbocycles. The molecule has 0 fully saturated rings. The molecule has 6 heteroatoms. The summed E-state index contributed by atoms with van der Waals surface area (Å²) < 4.78 is 10.6. The van der Waals surface area contributed by atoms with E-state index in [9.17, 15) is 9.59 Å². The average Bonchev–Trinajstić information content (AvgIpc) is 3.27. The summed E-state index contributed by atoms with van der Waals surface area (Å²) >= 11 is 1.56. The third kappa shape index (κ3) is 3.67. The van der Waals surface area contributed by atoms with E-state index in [0.29, 0.717) is 24.2 Å². The van der Waals surface area contributed by atoms with Crippen LogP contribution in [0.25, 0.3) is 0 Å². The van der Waals surface area contributed by atoms with Crippen molar-refractivity contribution < 1.29 is 19.1 Å². The van der Waals surface area contributed by atoms with Crippen LogP contribution in [-0.4, -0.2) is 25.5 Å². The molecule has 5 nitrogen and oxygen atoms in total. The zero-order valence-corrected chi connectivity index (χ0v) is 18.2. The second kappa shape index (κ2) is 8.48. The molecule has 1 N–H and O–H groups in total. The lowest BCUT2D eigenvalue weighted by Gasteiger charge is -2.36. The van der Waals surface area contributed by atoms with E-state index < -0.39 is 0 Å². The maximum absolute atomic E-state index is 13.4. The smallest absolute Gasteiger partial charge is 0.336 e. The van der Waals surface area contributed by atoms with Crippen molar-refractivity contribution >= 4 is 23.1 Å².